The topological polar surface area (TPSA) is 80.1 Å². The molecule has 0 radical (unpaired) electrons. The molecule has 0 atom stereocenters. The molecule has 1 N–H and O–H groups in total. The van der Waals surface area contributed by atoms with Crippen LogP contribution in [-0.2, 0) is 7.05 Å². The minimum absolute atomic E-state index is 0.119. The number of hydrogen-bond acceptors (Lipinski definition) is 5. The third kappa shape index (κ3) is 5.95. The molecule has 172 valence electrons. The van der Waals surface area contributed by atoms with Gasteiger partial charge in [-0.3, -0.25) is 19.3 Å². The molecule has 1 aromatic carbocycles. The highest BCUT2D eigenvalue weighted by molar-refractivity contribution is 6.03. The number of para-hydroxylation sites is 1. The molecular weight excluding hydrogens is 428 g/mol. The van der Waals surface area contributed by atoms with Crippen LogP contribution in [0.15, 0.2) is 54.2 Å². The molecule has 1 amide bonds. The summed E-state index contributed by atoms with van der Waals surface area (Å²) in [7, 11) is 3.79. The summed E-state index contributed by atoms with van der Waals surface area (Å²) < 4.78 is 29.0. The van der Waals surface area contributed by atoms with E-state index in [4.69, 9.17) is 0 Å². The zero-order chi connectivity index (χ0) is 24.0. The van der Waals surface area contributed by atoms with Gasteiger partial charge in [0.05, 0.1) is 5.69 Å². The summed E-state index contributed by atoms with van der Waals surface area (Å²) in [6.07, 6.45) is 3.27. The van der Waals surface area contributed by atoms with E-state index in [0.29, 0.717) is 5.69 Å². The summed E-state index contributed by atoms with van der Waals surface area (Å²) in [5, 5.41) is 6.47. The van der Waals surface area contributed by atoms with Crippen LogP contribution in [0, 0.1) is 11.6 Å². The second-order valence-corrected chi connectivity index (χ2v) is 7.71. The molecule has 33 heavy (non-hydrogen) atoms. The number of rotatable bonds is 4. The molecule has 3 heterocycles. The van der Waals surface area contributed by atoms with Gasteiger partial charge < -0.3 is 10.2 Å². The van der Waals surface area contributed by atoms with Crippen LogP contribution in [-0.4, -0.2) is 52.0 Å². The number of aromatic nitrogens is 3. The van der Waals surface area contributed by atoms with Gasteiger partial charge in [-0.15, -0.1) is 0 Å². The van der Waals surface area contributed by atoms with Crippen LogP contribution in [0.2, 0.25) is 0 Å². The second-order valence-electron chi connectivity index (χ2n) is 7.71. The average molecular weight is 453 g/mol. The van der Waals surface area contributed by atoms with E-state index in [9.17, 15) is 18.4 Å². The molecule has 0 aliphatic carbocycles. The number of nitrogens with one attached hydrogen (secondary N) is 1. The largest absolute Gasteiger partial charge is 0.316 e. The molecule has 3 aromatic rings. The number of carbonyl (C=O) groups is 2. The van der Waals surface area contributed by atoms with Gasteiger partial charge in [0.25, 0.3) is 5.91 Å². The van der Waals surface area contributed by atoms with Crippen LogP contribution in [0.1, 0.15) is 40.0 Å². The fourth-order valence-electron chi connectivity index (χ4n) is 3.39. The number of carbonyl (C=O) groups excluding carboxylic acids is 2. The molecule has 0 spiro atoms. The van der Waals surface area contributed by atoms with E-state index in [1.165, 1.54) is 11.6 Å². The monoisotopic (exact) mass is 453 g/mol. The first-order valence-electron chi connectivity index (χ1n) is 10.3. The number of nitrogens with zero attached hydrogens (tertiary/aromatic N) is 4. The highest BCUT2D eigenvalue weighted by atomic mass is 19.1. The van der Waals surface area contributed by atoms with Crippen LogP contribution in [0.25, 0.3) is 5.57 Å². The van der Waals surface area contributed by atoms with Gasteiger partial charge in [0, 0.05) is 26.3 Å². The predicted molar refractivity (Wildman–Crippen MR) is 122 cm³/mol. The van der Waals surface area contributed by atoms with Crippen molar-refractivity contribution in [1.82, 2.24) is 19.7 Å². The van der Waals surface area contributed by atoms with Crippen molar-refractivity contribution in [3.05, 3.63) is 83.0 Å². The first-order valence-corrected chi connectivity index (χ1v) is 10.3. The fraction of sp³-hybridized carbons (Fsp3) is 0.250. The summed E-state index contributed by atoms with van der Waals surface area (Å²) in [5.41, 5.74) is 3.35. The van der Waals surface area contributed by atoms with Crippen molar-refractivity contribution in [2.75, 3.05) is 25.5 Å². The van der Waals surface area contributed by atoms with Crippen molar-refractivity contribution in [2.45, 2.75) is 13.3 Å². The third-order valence-electron chi connectivity index (χ3n) is 5.24. The summed E-state index contributed by atoms with van der Waals surface area (Å²) in [5.74, 6) is -2.29. The third-order valence-corrected chi connectivity index (χ3v) is 5.24. The molecular formula is C24H25F2N5O2. The molecule has 0 fully saturated rings. The van der Waals surface area contributed by atoms with Gasteiger partial charge in [0.1, 0.15) is 23.0 Å². The molecule has 0 bridgehead atoms. The maximum atomic E-state index is 13.7. The van der Waals surface area contributed by atoms with Crippen molar-refractivity contribution >= 4 is 23.5 Å². The molecule has 0 saturated carbocycles. The number of aryl methyl sites for hydroxylation is 1. The van der Waals surface area contributed by atoms with Crippen LogP contribution in [0.5, 0.6) is 0 Å². The molecule has 0 saturated heterocycles. The summed E-state index contributed by atoms with van der Waals surface area (Å²) in [6.45, 7) is 3.84. The van der Waals surface area contributed by atoms with Gasteiger partial charge in [-0.05, 0) is 56.3 Å². The maximum Gasteiger partial charge on any atom is 0.276 e. The van der Waals surface area contributed by atoms with Crippen molar-refractivity contribution in [3.8, 4) is 0 Å². The Balaban J connectivity index is 0.000000323. The lowest BCUT2D eigenvalue weighted by atomic mass is 9.99. The lowest BCUT2D eigenvalue weighted by Gasteiger charge is -2.26. The maximum absolute atomic E-state index is 13.7. The first kappa shape index (κ1) is 23.9. The van der Waals surface area contributed by atoms with Gasteiger partial charge in [-0.25, -0.2) is 8.78 Å². The average Bonchev–Trinajstić information content (AvgIpc) is 3.20. The van der Waals surface area contributed by atoms with Gasteiger partial charge in [-0.1, -0.05) is 17.7 Å². The zero-order valence-corrected chi connectivity index (χ0v) is 18.7. The number of aldehydes is 1. The Labute approximate surface area is 190 Å². The normalized spacial score (nSPS) is 13.8. The lowest BCUT2D eigenvalue weighted by molar-refractivity contribution is 0.102. The van der Waals surface area contributed by atoms with Gasteiger partial charge in [0.2, 0.25) is 0 Å². The Hall–Kier alpha value is -3.72. The molecule has 1 aliphatic heterocycles. The Morgan fingerprint density at radius 2 is 1.85 bits per heavy atom. The number of amides is 1. The van der Waals surface area contributed by atoms with E-state index in [2.05, 4.69) is 27.2 Å². The highest BCUT2D eigenvalue weighted by Gasteiger charge is 2.21. The van der Waals surface area contributed by atoms with Crippen LogP contribution < -0.4 is 5.32 Å². The first-order chi connectivity index (χ1) is 15.8. The number of benzene rings is 1. The van der Waals surface area contributed by atoms with Crippen LogP contribution in [0.3, 0.4) is 0 Å². The minimum Gasteiger partial charge on any atom is -0.316 e. The van der Waals surface area contributed by atoms with Crippen molar-refractivity contribution < 1.29 is 18.4 Å². The van der Waals surface area contributed by atoms with E-state index in [0.717, 1.165) is 49.2 Å². The Bertz CT molecular complexity index is 1150. The Morgan fingerprint density at radius 1 is 1.12 bits per heavy atom. The van der Waals surface area contributed by atoms with Crippen LogP contribution in [0.4, 0.5) is 14.5 Å². The molecule has 9 heteroatoms. The molecule has 7 nitrogen and oxygen atoms in total. The molecule has 0 unspecified atom stereocenters. The number of hydrogen-bond donors (Lipinski definition) is 1. The van der Waals surface area contributed by atoms with Crippen molar-refractivity contribution in [2.24, 2.45) is 7.05 Å². The van der Waals surface area contributed by atoms with E-state index in [-0.39, 0.29) is 5.69 Å². The molecule has 2 aromatic heterocycles. The van der Waals surface area contributed by atoms with E-state index in [1.54, 1.807) is 42.2 Å². The number of halogens is 2. The van der Waals surface area contributed by atoms with Gasteiger partial charge in [0.15, 0.2) is 12.0 Å². The van der Waals surface area contributed by atoms with E-state index in [1.807, 2.05) is 7.05 Å². The van der Waals surface area contributed by atoms with E-state index >= 15 is 0 Å². The number of pyridine rings is 1. The van der Waals surface area contributed by atoms with E-state index < -0.39 is 23.2 Å². The number of likely N-dealkylation sites (N-methyl/N-ethyl adjacent to an activating group) is 1. The molecule has 1 aliphatic rings. The zero-order valence-electron chi connectivity index (χ0n) is 18.7. The second kappa shape index (κ2) is 10.7. The SMILES string of the molecule is CC1=C(c2cc(C(=O)Nc3c(F)cccc3F)nn2C)CN(C)CC1.O=Cc1ccccn1. The summed E-state index contributed by atoms with van der Waals surface area (Å²) in [4.78, 5) is 28.2. The predicted octanol–water partition coefficient (Wildman–Crippen LogP) is 3.95. The highest BCUT2D eigenvalue weighted by Crippen LogP contribution is 2.26. The fourth-order valence-corrected chi connectivity index (χ4v) is 3.39. The summed E-state index contributed by atoms with van der Waals surface area (Å²) in [6, 6.07) is 10.3. The van der Waals surface area contributed by atoms with Gasteiger partial charge >= 0.3 is 0 Å². The number of anilines is 1. The Kier molecular flexibility index (Phi) is 7.78. The Morgan fingerprint density at radius 3 is 2.45 bits per heavy atom. The molecule has 4 rings (SSSR count). The summed E-state index contributed by atoms with van der Waals surface area (Å²) >= 11 is 0. The smallest absolute Gasteiger partial charge is 0.276 e. The standard InChI is InChI=1S/C18H20F2N4O.C6H5NO/c1-11-7-8-23(2)10-12(11)16-9-15(22-24(16)3)18(25)21-17-13(19)5-4-6-14(17)20;8-5-6-3-1-2-4-7-6/h4-6,9H,7-8,10H2,1-3H3,(H,21,25);1-5H. The quantitative estimate of drug-likeness (QED) is 0.605. The van der Waals surface area contributed by atoms with Crippen molar-refractivity contribution in [3.63, 3.8) is 0 Å². The lowest BCUT2D eigenvalue weighted by Crippen LogP contribution is -2.27. The van der Waals surface area contributed by atoms with Crippen LogP contribution >= 0.6 is 0 Å². The minimum atomic E-state index is -0.822. The van der Waals surface area contributed by atoms with Crippen molar-refractivity contribution in [1.29, 1.82) is 0 Å². The van der Waals surface area contributed by atoms with Gasteiger partial charge in [-0.2, -0.15) is 5.10 Å².